The SMILES string of the molecule is C[C@H](CN(CCC#N)C(=O)OC(C)(C)C)NSc1ccc2cnccc2c1. The van der Waals surface area contributed by atoms with Gasteiger partial charge in [-0.05, 0) is 63.2 Å². The van der Waals surface area contributed by atoms with Gasteiger partial charge < -0.3 is 9.64 Å². The van der Waals surface area contributed by atoms with Crippen LogP contribution in [0.3, 0.4) is 0 Å². The predicted octanol–water partition coefficient (Wildman–Crippen LogP) is 4.37. The molecule has 2 aromatic rings. The lowest BCUT2D eigenvalue weighted by molar-refractivity contribution is 0.0243. The van der Waals surface area contributed by atoms with Gasteiger partial charge in [-0.2, -0.15) is 5.26 Å². The van der Waals surface area contributed by atoms with Crippen LogP contribution in [0.5, 0.6) is 0 Å². The van der Waals surface area contributed by atoms with Crippen LogP contribution in [-0.2, 0) is 4.74 Å². The molecule has 0 unspecified atom stereocenters. The van der Waals surface area contributed by atoms with Crippen LogP contribution in [0.1, 0.15) is 34.1 Å². The summed E-state index contributed by atoms with van der Waals surface area (Å²) in [6.07, 6.45) is 3.50. The molecule has 0 saturated heterocycles. The number of nitriles is 1. The predicted molar refractivity (Wildman–Crippen MR) is 108 cm³/mol. The molecule has 0 spiro atoms. The highest BCUT2D eigenvalue weighted by atomic mass is 32.2. The molecule has 0 radical (unpaired) electrons. The molecule has 2 rings (SSSR count). The Morgan fingerprint density at radius 2 is 2.15 bits per heavy atom. The summed E-state index contributed by atoms with van der Waals surface area (Å²) in [7, 11) is 0. The number of nitrogens with one attached hydrogen (secondary N) is 1. The number of benzene rings is 1. The highest BCUT2D eigenvalue weighted by Gasteiger charge is 2.23. The van der Waals surface area contributed by atoms with Gasteiger partial charge in [-0.1, -0.05) is 6.07 Å². The van der Waals surface area contributed by atoms with E-state index in [9.17, 15) is 4.79 Å². The Kier molecular flexibility index (Phi) is 7.45. The molecule has 7 heteroatoms. The van der Waals surface area contributed by atoms with Crippen LogP contribution in [0, 0.1) is 11.3 Å². The third-order valence-electron chi connectivity index (χ3n) is 3.63. The molecule has 0 saturated carbocycles. The van der Waals surface area contributed by atoms with E-state index in [1.165, 1.54) is 11.9 Å². The molecular formula is C20H26N4O2S. The number of aromatic nitrogens is 1. The van der Waals surface area contributed by atoms with Crippen LogP contribution in [-0.4, -0.2) is 40.7 Å². The van der Waals surface area contributed by atoms with Gasteiger partial charge in [0.25, 0.3) is 0 Å². The maximum absolute atomic E-state index is 12.4. The molecule has 1 aromatic heterocycles. The summed E-state index contributed by atoms with van der Waals surface area (Å²) >= 11 is 1.52. The van der Waals surface area contributed by atoms with E-state index in [4.69, 9.17) is 10.00 Å². The highest BCUT2D eigenvalue weighted by Crippen LogP contribution is 2.21. The molecule has 144 valence electrons. The molecule has 1 heterocycles. The van der Waals surface area contributed by atoms with Crippen LogP contribution >= 0.6 is 11.9 Å². The zero-order chi connectivity index (χ0) is 19.9. The molecule has 27 heavy (non-hydrogen) atoms. The number of pyridine rings is 1. The van der Waals surface area contributed by atoms with Crippen molar-refractivity contribution in [3.8, 4) is 6.07 Å². The lowest BCUT2D eigenvalue weighted by Crippen LogP contribution is -2.43. The number of hydrogen-bond donors (Lipinski definition) is 1. The highest BCUT2D eigenvalue weighted by molar-refractivity contribution is 7.97. The van der Waals surface area contributed by atoms with Crippen molar-refractivity contribution in [3.63, 3.8) is 0 Å². The summed E-state index contributed by atoms with van der Waals surface area (Å²) in [6, 6.07) is 10.3. The average molecular weight is 387 g/mol. The fraction of sp³-hybridized carbons (Fsp3) is 0.450. The van der Waals surface area contributed by atoms with Crippen LogP contribution < -0.4 is 4.72 Å². The van der Waals surface area contributed by atoms with Gasteiger partial charge in [-0.15, -0.1) is 0 Å². The van der Waals surface area contributed by atoms with Crippen LogP contribution in [0.4, 0.5) is 4.79 Å². The summed E-state index contributed by atoms with van der Waals surface area (Å²) in [5.41, 5.74) is -0.562. The standard InChI is InChI=1S/C20H26N4O2S/c1-15(14-24(11-5-9-21)19(25)26-20(2,3)4)23-27-18-7-6-17-13-22-10-8-16(17)12-18/h6-8,10,12-13,15,23H,5,11,14H2,1-4H3/t15-/m1/s1. The Bertz CT molecular complexity index is 813. The van der Waals surface area contributed by atoms with E-state index >= 15 is 0 Å². The monoisotopic (exact) mass is 386 g/mol. The number of carbonyl (C=O) groups excluding carboxylic acids is 1. The molecule has 0 aliphatic carbocycles. The molecule has 0 bridgehead atoms. The number of fused-ring (bicyclic) bond motifs is 1. The number of ether oxygens (including phenoxy) is 1. The van der Waals surface area contributed by atoms with E-state index in [1.54, 1.807) is 11.1 Å². The minimum absolute atomic E-state index is 0.0225. The number of amides is 1. The first-order valence-electron chi connectivity index (χ1n) is 8.89. The largest absolute Gasteiger partial charge is 0.444 e. The van der Waals surface area contributed by atoms with Gasteiger partial charge in [-0.25, -0.2) is 4.79 Å². The van der Waals surface area contributed by atoms with Crippen molar-refractivity contribution < 1.29 is 9.53 Å². The van der Waals surface area contributed by atoms with E-state index in [0.717, 1.165) is 15.7 Å². The molecule has 0 aliphatic rings. The second kappa shape index (κ2) is 9.58. The van der Waals surface area contributed by atoms with Gasteiger partial charge in [0, 0.05) is 41.8 Å². The number of rotatable bonds is 7. The van der Waals surface area contributed by atoms with E-state index in [0.29, 0.717) is 13.1 Å². The van der Waals surface area contributed by atoms with Gasteiger partial charge in [-0.3, -0.25) is 9.71 Å². The molecule has 1 aromatic carbocycles. The zero-order valence-electron chi connectivity index (χ0n) is 16.2. The third kappa shape index (κ3) is 7.08. The van der Waals surface area contributed by atoms with E-state index < -0.39 is 11.7 Å². The first kappa shape index (κ1) is 21.0. The van der Waals surface area contributed by atoms with Gasteiger partial charge in [0.2, 0.25) is 0 Å². The van der Waals surface area contributed by atoms with Gasteiger partial charge in [0.05, 0.1) is 12.5 Å². The van der Waals surface area contributed by atoms with E-state index in [2.05, 4.69) is 21.8 Å². The Morgan fingerprint density at radius 1 is 1.37 bits per heavy atom. The van der Waals surface area contributed by atoms with Crippen molar-refractivity contribution in [1.82, 2.24) is 14.6 Å². The smallest absolute Gasteiger partial charge is 0.410 e. The van der Waals surface area contributed by atoms with E-state index in [1.807, 2.05) is 52.1 Å². The molecule has 0 fully saturated rings. The Balaban J connectivity index is 1.94. The van der Waals surface area contributed by atoms with Crippen molar-refractivity contribution in [2.24, 2.45) is 0 Å². The summed E-state index contributed by atoms with van der Waals surface area (Å²) in [5, 5.41) is 11.1. The van der Waals surface area contributed by atoms with E-state index in [-0.39, 0.29) is 12.5 Å². The summed E-state index contributed by atoms with van der Waals surface area (Å²) in [4.78, 5) is 19.2. The second-order valence-corrected chi connectivity index (χ2v) is 8.25. The average Bonchev–Trinajstić information content (AvgIpc) is 2.61. The van der Waals surface area contributed by atoms with Gasteiger partial charge in [0.15, 0.2) is 0 Å². The summed E-state index contributed by atoms with van der Waals surface area (Å²) < 4.78 is 8.80. The molecule has 0 aliphatic heterocycles. The minimum atomic E-state index is -0.562. The van der Waals surface area contributed by atoms with Crippen LogP contribution in [0.15, 0.2) is 41.6 Å². The van der Waals surface area contributed by atoms with Crippen molar-refractivity contribution in [3.05, 3.63) is 36.7 Å². The van der Waals surface area contributed by atoms with Crippen LogP contribution in [0.2, 0.25) is 0 Å². The number of carbonyl (C=O) groups is 1. The lowest BCUT2D eigenvalue weighted by atomic mass is 10.2. The van der Waals surface area contributed by atoms with Crippen molar-refractivity contribution in [1.29, 1.82) is 5.26 Å². The fourth-order valence-electron chi connectivity index (χ4n) is 2.43. The fourth-order valence-corrected chi connectivity index (χ4v) is 3.16. The lowest BCUT2D eigenvalue weighted by Gasteiger charge is -2.29. The Hall–Kier alpha value is -2.30. The minimum Gasteiger partial charge on any atom is -0.444 e. The van der Waals surface area contributed by atoms with Crippen LogP contribution in [0.25, 0.3) is 10.8 Å². The van der Waals surface area contributed by atoms with Crippen molar-refractivity contribution in [2.75, 3.05) is 13.1 Å². The molecule has 6 nitrogen and oxygen atoms in total. The summed E-state index contributed by atoms with van der Waals surface area (Å²) in [5.74, 6) is 0. The normalized spacial score (nSPS) is 12.4. The van der Waals surface area contributed by atoms with Gasteiger partial charge in [0.1, 0.15) is 5.60 Å². The van der Waals surface area contributed by atoms with Gasteiger partial charge >= 0.3 is 6.09 Å². The Labute approximate surface area is 165 Å². The zero-order valence-corrected chi connectivity index (χ0v) is 17.0. The maximum atomic E-state index is 12.4. The summed E-state index contributed by atoms with van der Waals surface area (Å²) in [6.45, 7) is 8.31. The second-order valence-electron chi connectivity index (χ2n) is 7.34. The number of hydrogen-bond acceptors (Lipinski definition) is 6. The maximum Gasteiger partial charge on any atom is 0.410 e. The Morgan fingerprint density at radius 3 is 2.85 bits per heavy atom. The molecule has 1 amide bonds. The topological polar surface area (TPSA) is 78.2 Å². The number of nitrogens with zero attached hydrogens (tertiary/aromatic N) is 3. The van der Waals surface area contributed by atoms with Crippen molar-refractivity contribution >= 4 is 28.8 Å². The quantitative estimate of drug-likeness (QED) is 0.712. The molecule has 1 atom stereocenters. The third-order valence-corrected chi connectivity index (χ3v) is 4.64. The van der Waals surface area contributed by atoms with Crippen molar-refractivity contribution in [2.45, 2.75) is 50.7 Å². The first-order valence-corrected chi connectivity index (χ1v) is 9.71. The molecular weight excluding hydrogens is 360 g/mol. The molecule has 1 N–H and O–H groups in total. The first-order chi connectivity index (χ1) is 12.8.